The number of carbonyl (C=O) groups excluding carboxylic acids is 1. The lowest BCUT2D eigenvalue weighted by Gasteiger charge is -2.09. The van der Waals surface area contributed by atoms with E-state index in [1.165, 1.54) is 0 Å². The van der Waals surface area contributed by atoms with E-state index in [0.29, 0.717) is 17.8 Å². The number of hydrogen-bond donors (Lipinski definition) is 3. The molecular formula is C12H19N3O3S. The minimum atomic E-state index is -3.32. The predicted molar refractivity (Wildman–Crippen MR) is 75.4 cm³/mol. The summed E-state index contributed by atoms with van der Waals surface area (Å²) in [4.78, 5) is 11.9. The molecule has 1 aromatic carbocycles. The molecule has 0 saturated heterocycles. The first-order valence-corrected chi connectivity index (χ1v) is 7.62. The molecule has 106 valence electrons. The minimum Gasteiger partial charge on any atom is -0.398 e. The molecule has 0 aliphatic carbocycles. The maximum atomic E-state index is 11.9. The summed E-state index contributed by atoms with van der Waals surface area (Å²) in [7, 11) is -3.32. The van der Waals surface area contributed by atoms with Crippen LogP contribution in [0.1, 0.15) is 22.8 Å². The summed E-state index contributed by atoms with van der Waals surface area (Å²) in [6.07, 6.45) is 0. The van der Waals surface area contributed by atoms with Gasteiger partial charge in [-0.3, -0.25) is 4.79 Å². The molecule has 6 nitrogen and oxygen atoms in total. The number of nitrogens with two attached hydrogens (primary N) is 1. The van der Waals surface area contributed by atoms with Crippen molar-refractivity contribution >= 4 is 21.6 Å². The summed E-state index contributed by atoms with van der Waals surface area (Å²) in [6.45, 7) is 3.93. The van der Waals surface area contributed by atoms with Crippen molar-refractivity contribution < 1.29 is 13.2 Å². The molecule has 1 rings (SSSR count). The summed E-state index contributed by atoms with van der Waals surface area (Å²) in [5.74, 6) is -0.522. The Hall–Kier alpha value is -1.60. The first-order chi connectivity index (χ1) is 8.85. The molecule has 0 atom stereocenters. The van der Waals surface area contributed by atoms with Crippen molar-refractivity contribution in [3.8, 4) is 0 Å². The van der Waals surface area contributed by atoms with Gasteiger partial charge in [0, 0.05) is 18.8 Å². The average molecular weight is 285 g/mol. The van der Waals surface area contributed by atoms with Crippen LogP contribution in [0.4, 0.5) is 5.69 Å². The maximum Gasteiger partial charge on any atom is 0.253 e. The van der Waals surface area contributed by atoms with Crippen LogP contribution in [0.2, 0.25) is 0 Å². The zero-order chi connectivity index (χ0) is 14.5. The number of nitrogens with one attached hydrogen (secondary N) is 2. The summed E-state index contributed by atoms with van der Waals surface area (Å²) in [6, 6.07) is 5.13. The quantitative estimate of drug-likeness (QED) is 0.652. The molecule has 0 fully saturated rings. The molecule has 0 aromatic heterocycles. The Morgan fingerprint density at radius 2 is 2.05 bits per heavy atom. The van der Waals surface area contributed by atoms with Gasteiger partial charge in [0.2, 0.25) is 10.0 Å². The molecule has 4 N–H and O–H groups in total. The van der Waals surface area contributed by atoms with E-state index < -0.39 is 10.0 Å². The fourth-order valence-electron chi connectivity index (χ4n) is 1.55. The van der Waals surface area contributed by atoms with E-state index in [2.05, 4.69) is 10.0 Å². The van der Waals surface area contributed by atoms with Gasteiger partial charge in [-0.2, -0.15) is 0 Å². The molecule has 0 saturated carbocycles. The second kappa shape index (κ2) is 6.53. The Morgan fingerprint density at radius 3 is 2.68 bits per heavy atom. The van der Waals surface area contributed by atoms with E-state index in [0.717, 1.165) is 5.56 Å². The van der Waals surface area contributed by atoms with Crippen LogP contribution in [0.25, 0.3) is 0 Å². The topological polar surface area (TPSA) is 101 Å². The van der Waals surface area contributed by atoms with E-state index in [1.54, 1.807) is 19.1 Å². The van der Waals surface area contributed by atoms with Gasteiger partial charge >= 0.3 is 0 Å². The molecule has 0 spiro atoms. The van der Waals surface area contributed by atoms with E-state index >= 15 is 0 Å². The Bertz CT molecular complexity index is 555. The van der Waals surface area contributed by atoms with Crippen molar-refractivity contribution in [1.82, 2.24) is 10.0 Å². The van der Waals surface area contributed by atoms with Gasteiger partial charge in [-0.1, -0.05) is 18.6 Å². The SMILES string of the molecule is CCNS(=O)(=O)CCNC(=O)c1cc(C)ccc1N. The standard InChI is InChI=1S/C12H19N3O3S/c1-3-15-19(17,18)7-6-14-12(16)10-8-9(2)4-5-11(10)13/h4-5,8,15H,3,6-7,13H2,1-2H3,(H,14,16). The first-order valence-electron chi connectivity index (χ1n) is 5.97. The second-order valence-electron chi connectivity index (χ2n) is 4.16. The normalized spacial score (nSPS) is 11.3. The number of aryl methyl sites for hydroxylation is 1. The van der Waals surface area contributed by atoms with Crippen LogP contribution in [-0.4, -0.2) is 33.2 Å². The molecule has 19 heavy (non-hydrogen) atoms. The summed E-state index contributed by atoms with van der Waals surface area (Å²) >= 11 is 0. The fraction of sp³-hybridized carbons (Fsp3) is 0.417. The molecule has 0 unspecified atom stereocenters. The van der Waals surface area contributed by atoms with Crippen LogP contribution >= 0.6 is 0 Å². The highest BCUT2D eigenvalue weighted by molar-refractivity contribution is 7.89. The second-order valence-corrected chi connectivity index (χ2v) is 6.09. The number of anilines is 1. The zero-order valence-corrected chi connectivity index (χ0v) is 11.9. The lowest BCUT2D eigenvalue weighted by atomic mass is 10.1. The van der Waals surface area contributed by atoms with Gasteiger partial charge in [0.25, 0.3) is 5.91 Å². The lowest BCUT2D eigenvalue weighted by Crippen LogP contribution is -2.34. The fourth-order valence-corrected chi connectivity index (χ4v) is 2.51. The van der Waals surface area contributed by atoms with Crippen molar-refractivity contribution in [2.45, 2.75) is 13.8 Å². The Balaban J connectivity index is 2.59. The third kappa shape index (κ3) is 4.88. The van der Waals surface area contributed by atoms with E-state index in [1.807, 2.05) is 13.0 Å². The first kappa shape index (κ1) is 15.5. The zero-order valence-electron chi connectivity index (χ0n) is 11.1. The number of carbonyl (C=O) groups is 1. The number of sulfonamides is 1. The van der Waals surface area contributed by atoms with E-state index in [-0.39, 0.29) is 18.2 Å². The maximum absolute atomic E-state index is 11.9. The van der Waals surface area contributed by atoms with Gasteiger partial charge in [0.15, 0.2) is 0 Å². The molecule has 1 aromatic rings. The third-order valence-corrected chi connectivity index (χ3v) is 3.94. The molecule has 0 bridgehead atoms. The van der Waals surface area contributed by atoms with Crippen LogP contribution in [0, 0.1) is 6.92 Å². The Kier molecular flexibility index (Phi) is 5.31. The van der Waals surface area contributed by atoms with E-state index in [9.17, 15) is 13.2 Å². The van der Waals surface area contributed by atoms with Crippen LogP contribution in [-0.2, 0) is 10.0 Å². The largest absolute Gasteiger partial charge is 0.398 e. The summed E-state index contributed by atoms with van der Waals surface area (Å²) in [5, 5.41) is 2.54. The molecule has 0 aliphatic heterocycles. The van der Waals surface area contributed by atoms with E-state index in [4.69, 9.17) is 5.73 Å². The van der Waals surface area contributed by atoms with Gasteiger partial charge in [-0.25, -0.2) is 13.1 Å². The average Bonchev–Trinajstić information content (AvgIpc) is 2.31. The van der Waals surface area contributed by atoms with Gasteiger partial charge in [0.1, 0.15) is 0 Å². The Morgan fingerprint density at radius 1 is 1.37 bits per heavy atom. The minimum absolute atomic E-state index is 0.0432. The highest BCUT2D eigenvalue weighted by Gasteiger charge is 2.12. The summed E-state index contributed by atoms with van der Waals surface area (Å²) < 4.78 is 25.1. The smallest absolute Gasteiger partial charge is 0.253 e. The van der Waals surface area contributed by atoms with Crippen LogP contribution in [0.15, 0.2) is 18.2 Å². The van der Waals surface area contributed by atoms with Crippen molar-refractivity contribution in [2.24, 2.45) is 0 Å². The monoisotopic (exact) mass is 285 g/mol. The van der Waals surface area contributed by atoms with Crippen LogP contribution in [0.3, 0.4) is 0 Å². The van der Waals surface area contributed by atoms with Gasteiger partial charge < -0.3 is 11.1 Å². The molecule has 0 heterocycles. The number of hydrogen-bond acceptors (Lipinski definition) is 4. The van der Waals surface area contributed by atoms with Crippen molar-refractivity contribution in [3.05, 3.63) is 29.3 Å². The molecule has 0 aliphatic rings. The van der Waals surface area contributed by atoms with Gasteiger partial charge in [-0.05, 0) is 19.1 Å². The number of nitrogen functional groups attached to an aromatic ring is 1. The highest BCUT2D eigenvalue weighted by Crippen LogP contribution is 2.13. The van der Waals surface area contributed by atoms with Crippen LogP contribution in [0.5, 0.6) is 0 Å². The van der Waals surface area contributed by atoms with Crippen molar-refractivity contribution in [1.29, 1.82) is 0 Å². The number of amides is 1. The summed E-state index contributed by atoms with van der Waals surface area (Å²) in [5.41, 5.74) is 7.36. The predicted octanol–water partition coefficient (Wildman–Crippen LogP) is 0.246. The van der Waals surface area contributed by atoms with Gasteiger partial charge in [0.05, 0.1) is 11.3 Å². The van der Waals surface area contributed by atoms with Gasteiger partial charge in [-0.15, -0.1) is 0 Å². The van der Waals surface area contributed by atoms with Crippen LogP contribution < -0.4 is 15.8 Å². The number of benzene rings is 1. The third-order valence-electron chi connectivity index (χ3n) is 2.47. The number of rotatable bonds is 6. The highest BCUT2D eigenvalue weighted by atomic mass is 32.2. The molecule has 1 amide bonds. The molecule has 7 heteroatoms. The lowest BCUT2D eigenvalue weighted by molar-refractivity contribution is 0.0957. The van der Waals surface area contributed by atoms with Crippen molar-refractivity contribution in [2.75, 3.05) is 24.6 Å². The molecular weight excluding hydrogens is 266 g/mol. The molecule has 0 radical (unpaired) electrons. The Labute approximate surface area is 113 Å². The van der Waals surface area contributed by atoms with Crippen molar-refractivity contribution in [3.63, 3.8) is 0 Å².